The highest BCUT2D eigenvalue weighted by Gasteiger charge is 2.50. The lowest BCUT2D eigenvalue weighted by molar-refractivity contribution is -0.0516. The zero-order valence-electron chi connectivity index (χ0n) is 28.2. The third kappa shape index (κ3) is 6.10. The van der Waals surface area contributed by atoms with E-state index < -0.39 is 26.8 Å². The van der Waals surface area contributed by atoms with Gasteiger partial charge in [0.05, 0.1) is 24.7 Å². The zero-order chi connectivity index (χ0) is 34.6. The van der Waals surface area contributed by atoms with E-state index >= 15 is 0 Å². The molecule has 2 aliphatic carbocycles. The fourth-order valence-electron chi connectivity index (χ4n) is 8.42. The number of aromatic nitrogens is 1. The molecule has 4 aliphatic rings. The maximum atomic E-state index is 13.5. The number of nitrogens with zero attached hydrogens (tertiary/aromatic N) is 2. The molecule has 7 rings (SSSR count). The van der Waals surface area contributed by atoms with Crippen LogP contribution in [0, 0.1) is 17.8 Å². The summed E-state index contributed by atoms with van der Waals surface area (Å²) in [7, 11) is -2.47. The van der Waals surface area contributed by atoms with Gasteiger partial charge in [0.25, 0.3) is 5.91 Å². The average molecular weight is 706 g/mol. The maximum Gasteiger partial charge on any atom is 0.264 e. The third-order valence-corrected chi connectivity index (χ3v) is 13.7. The van der Waals surface area contributed by atoms with Crippen LogP contribution in [0.1, 0.15) is 73.0 Å². The first-order valence-electron chi connectivity index (χ1n) is 17.2. The van der Waals surface area contributed by atoms with Gasteiger partial charge < -0.3 is 19.5 Å². The zero-order valence-corrected chi connectivity index (χ0v) is 29.8. The van der Waals surface area contributed by atoms with Crippen LogP contribution in [0.2, 0.25) is 5.02 Å². The van der Waals surface area contributed by atoms with E-state index in [9.17, 15) is 18.3 Å². The fraction of sp³-hybridized carbons (Fsp3) is 0.474. The van der Waals surface area contributed by atoms with Crippen molar-refractivity contribution in [3.63, 3.8) is 0 Å². The van der Waals surface area contributed by atoms with Crippen molar-refractivity contribution in [1.29, 1.82) is 0 Å². The Morgan fingerprint density at radius 2 is 1.96 bits per heavy atom. The first kappa shape index (κ1) is 33.9. The summed E-state index contributed by atoms with van der Waals surface area (Å²) in [5, 5.41) is 12.6. The first-order valence-corrected chi connectivity index (χ1v) is 19.1. The van der Waals surface area contributed by atoms with E-state index in [1.165, 1.54) is 11.1 Å². The number of allylic oxidation sites excluding steroid dienone is 1. The van der Waals surface area contributed by atoms with Gasteiger partial charge in [-0.05, 0) is 111 Å². The summed E-state index contributed by atoms with van der Waals surface area (Å²) in [5.74, 6) is -0.0965. The summed E-state index contributed by atoms with van der Waals surface area (Å²) in [4.78, 5) is 20.3. The Labute approximate surface area is 293 Å². The van der Waals surface area contributed by atoms with Crippen LogP contribution in [0.25, 0.3) is 0 Å². The number of hydrogen-bond donors (Lipinski definition) is 2. The number of aliphatic hydroxyl groups is 1. The molecule has 260 valence electrons. The van der Waals surface area contributed by atoms with Crippen LogP contribution in [0.15, 0.2) is 66.9 Å². The number of halogens is 1. The molecular weight excluding hydrogens is 662 g/mol. The topological polar surface area (TPSA) is 118 Å². The molecule has 1 aromatic heterocycles. The van der Waals surface area contributed by atoms with Crippen molar-refractivity contribution in [2.24, 2.45) is 17.8 Å². The molecule has 3 heterocycles. The number of sulfonamides is 1. The molecule has 6 atom stereocenters. The molecule has 11 heteroatoms. The molecule has 9 nitrogen and oxygen atoms in total. The maximum absolute atomic E-state index is 13.5. The lowest BCUT2D eigenvalue weighted by atomic mass is 9.62. The summed E-state index contributed by atoms with van der Waals surface area (Å²) in [5.41, 5.74) is 2.27. The molecule has 2 N–H and O–H groups in total. The van der Waals surface area contributed by atoms with Crippen molar-refractivity contribution in [2.45, 2.75) is 68.6 Å². The lowest BCUT2D eigenvalue weighted by Gasteiger charge is -2.49. The van der Waals surface area contributed by atoms with Crippen LogP contribution in [0.5, 0.6) is 11.6 Å². The molecule has 1 fully saturated rings. The number of carbonyl (C=O) groups excluding carboxylic acids is 1. The number of benzene rings is 2. The average Bonchev–Trinajstić information content (AvgIpc) is 3.22. The van der Waals surface area contributed by atoms with Gasteiger partial charge in [0, 0.05) is 46.8 Å². The number of carbonyl (C=O) groups is 1. The highest BCUT2D eigenvalue weighted by atomic mass is 35.5. The van der Waals surface area contributed by atoms with E-state index in [0.29, 0.717) is 48.3 Å². The Bertz CT molecular complexity index is 1900. The number of rotatable bonds is 2. The summed E-state index contributed by atoms with van der Waals surface area (Å²) in [6, 6.07) is 15.0. The summed E-state index contributed by atoms with van der Waals surface area (Å²) in [6.07, 6.45) is 10.2. The van der Waals surface area contributed by atoms with Gasteiger partial charge in [-0.1, -0.05) is 36.7 Å². The quantitative estimate of drug-likeness (QED) is 0.304. The Balaban J connectivity index is 1.36. The van der Waals surface area contributed by atoms with E-state index in [0.717, 1.165) is 37.8 Å². The Hall–Kier alpha value is -3.60. The normalized spacial score (nSPS) is 31.6. The molecular formula is C38H44ClN3O6S. The number of amides is 1. The second-order valence-electron chi connectivity index (χ2n) is 14.4. The predicted molar refractivity (Wildman–Crippen MR) is 190 cm³/mol. The van der Waals surface area contributed by atoms with Crippen LogP contribution in [0.4, 0.5) is 5.69 Å². The second-order valence-corrected chi connectivity index (χ2v) is 16.9. The number of methoxy groups -OCH3 is 1. The van der Waals surface area contributed by atoms with Crippen molar-refractivity contribution >= 4 is 33.2 Å². The van der Waals surface area contributed by atoms with Crippen LogP contribution in [-0.4, -0.2) is 56.5 Å². The molecule has 49 heavy (non-hydrogen) atoms. The van der Waals surface area contributed by atoms with E-state index in [1.54, 1.807) is 44.5 Å². The molecule has 3 aromatic rings. The van der Waals surface area contributed by atoms with E-state index in [4.69, 9.17) is 21.1 Å². The number of nitrogens with one attached hydrogen (secondary N) is 1. The molecule has 2 aliphatic heterocycles. The highest BCUT2D eigenvalue weighted by Crippen LogP contribution is 2.52. The van der Waals surface area contributed by atoms with E-state index in [2.05, 4.69) is 26.7 Å². The number of ether oxygens (including phenoxy) is 2. The van der Waals surface area contributed by atoms with Gasteiger partial charge in [-0.3, -0.25) is 4.79 Å². The molecule has 1 saturated carbocycles. The van der Waals surface area contributed by atoms with Gasteiger partial charge in [-0.15, -0.1) is 0 Å². The Morgan fingerprint density at radius 1 is 1.12 bits per heavy atom. The molecule has 1 spiro atoms. The first-order chi connectivity index (χ1) is 23.4. The van der Waals surface area contributed by atoms with Gasteiger partial charge in [0.2, 0.25) is 15.9 Å². The summed E-state index contributed by atoms with van der Waals surface area (Å²) in [6.45, 7) is 5.12. The van der Waals surface area contributed by atoms with Gasteiger partial charge in [0.15, 0.2) is 0 Å². The minimum Gasteiger partial charge on any atom is -0.490 e. The van der Waals surface area contributed by atoms with Crippen LogP contribution < -0.4 is 19.1 Å². The van der Waals surface area contributed by atoms with Crippen molar-refractivity contribution < 1.29 is 27.8 Å². The Kier molecular flexibility index (Phi) is 8.94. The fourth-order valence-corrected chi connectivity index (χ4v) is 9.90. The predicted octanol–water partition coefficient (Wildman–Crippen LogP) is 6.17. The van der Waals surface area contributed by atoms with Crippen LogP contribution >= 0.6 is 11.6 Å². The largest absolute Gasteiger partial charge is 0.490 e. The van der Waals surface area contributed by atoms with Crippen molar-refractivity contribution in [1.82, 2.24) is 9.71 Å². The van der Waals surface area contributed by atoms with Crippen LogP contribution in [0.3, 0.4) is 0 Å². The summed E-state index contributed by atoms with van der Waals surface area (Å²) < 4.78 is 41.5. The Morgan fingerprint density at radius 3 is 2.73 bits per heavy atom. The number of pyridine rings is 1. The van der Waals surface area contributed by atoms with E-state index in [1.807, 2.05) is 31.2 Å². The smallest absolute Gasteiger partial charge is 0.264 e. The van der Waals surface area contributed by atoms with Gasteiger partial charge in [0.1, 0.15) is 11.4 Å². The second kappa shape index (κ2) is 12.9. The molecule has 0 radical (unpaired) electrons. The number of aryl methyl sites for hydroxylation is 1. The van der Waals surface area contributed by atoms with Crippen molar-refractivity contribution in [2.75, 3.05) is 31.7 Å². The standard InChI is InChI=1S/C38H44ClN3O6S/c1-24-7-4-17-38(44,32-9-6-18-40-36(32)47-3)31-13-10-28(31)21-42-22-37(16-5-8-26-19-29(39)12-14-30(26)37)23-48-34-15-11-27(20-33(34)42)35(43)41-49(45,46)25(24)2/h4,6,9,11-12,14-15,17-20,24-25,28,31,44H,5,7-8,10,13,16,21-23H2,1-3H3,(H,41,43)/b17-4+/t24-,25+,28-,31+,37-,38+/m0/s1. The number of anilines is 1. The molecule has 0 saturated heterocycles. The third-order valence-electron chi connectivity index (χ3n) is 11.5. The van der Waals surface area contributed by atoms with Gasteiger partial charge in [-0.2, -0.15) is 0 Å². The highest BCUT2D eigenvalue weighted by molar-refractivity contribution is 7.90. The minimum atomic E-state index is -4.02. The lowest BCUT2D eigenvalue weighted by Crippen LogP contribution is -2.51. The molecule has 0 unspecified atom stereocenters. The van der Waals surface area contributed by atoms with Crippen molar-refractivity contribution in [3.8, 4) is 11.6 Å². The van der Waals surface area contributed by atoms with Crippen LogP contribution in [-0.2, 0) is 27.5 Å². The molecule has 2 bridgehead atoms. The molecule has 1 amide bonds. The summed E-state index contributed by atoms with van der Waals surface area (Å²) >= 11 is 6.45. The molecule has 2 aromatic carbocycles. The minimum absolute atomic E-state index is 0.0814. The van der Waals surface area contributed by atoms with E-state index in [-0.39, 0.29) is 28.7 Å². The number of fused-ring (bicyclic) bond motifs is 4. The SMILES string of the molecule is COc1ncccc1[C@@]1(O)/C=C/C[C@H](C)[C@@H](C)S(=O)(=O)NC(=O)c2ccc3c(c2)N(C[C@@H]2CC[C@H]21)C[C@@]1(CCCc2cc(Cl)ccc21)CO3. The van der Waals surface area contributed by atoms with Gasteiger partial charge in [-0.25, -0.2) is 18.1 Å². The van der Waals surface area contributed by atoms with Gasteiger partial charge >= 0.3 is 0 Å². The number of hydrogen-bond acceptors (Lipinski definition) is 8. The van der Waals surface area contributed by atoms with Crippen molar-refractivity contribution in [3.05, 3.63) is 94.2 Å². The monoisotopic (exact) mass is 705 g/mol.